The fourth-order valence-corrected chi connectivity index (χ4v) is 10.7. The number of hydrogen-bond donors (Lipinski definition) is 10. The molecule has 30 heteroatoms. The van der Waals surface area contributed by atoms with Gasteiger partial charge < -0.3 is 140 Å². The molecule has 1 atom stereocenters. The van der Waals surface area contributed by atoms with Crippen molar-refractivity contribution >= 4 is 51.3 Å². The molecule has 0 spiro atoms. The van der Waals surface area contributed by atoms with Crippen molar-refractivity contribution in [1.82, 2.24) is 0 Å². The number of ether oxygens (including phenoxy) is 15. The molecule has 1 unspecified atom stereocenters. The average Bonchev–Trinajstić information content (AvgIpc) is 0.827. The van der Waals surface area contributed by atoms with Crippen molar-refractivity contribution in [2.75, 3.05) is 251 Å². The minimum absolute atomic E-state index is 0. The summed E-state index contributed by atoms with van der Waals surface area (Å²) in [6.45, 7) is 11.8. The largest absolute Gasteiger partial charge is 1.00 e. The molecule has 1 aliphatic carbocycles. The van der Waals surface area contributed by atoms with Gasteiger partial charge in [0.2, 0.25) is 0 Å². The second-order valence-corrected chi connectivity index (χ2v) is 26.7. The first-order valence-corrected chi connectivity index (χ1v) is 39.1. The standard InChI is InChI=1S/C44H74O16.C26H38O10.C7H14O.Na.H3P2/c1-4-41(24-45,25-46)30-53-16-14-52-15-17-56-33-44(34-57-20-18-54-31-42(5-2,26-47)27-48,35-58-21-19-55-32-43(6-3,28-49)29-50)36-59-22-23-60-40(51)39-13-9-11-37-10-7-8-12-38(37)39;27-8-11-31-14-15-34-20-26(18-32-12-9-28,19-33-13-10-29)21-35-16-17-36-25(30)24-7-3-5-22-4-1-2-6-23(22)24;1-2-7(6-8)4-3-5-7;;1-2/h7-13,45-50H,4-6,14-36H2,1-3H3;1-7,27-29H,8-21H2;8H,2-6H2,1H3;;1H,2H2/q;;;+1;-1. The van der Waals surface area contributed by atoms with Crippen molar-refractivity contribution in [3.8, 4) is 0 Å². The second-order valence-electron chi connectivity index (χ2n) is 26.7. The van der Waals surface area contributed by atoms with Crippen molar-refractivity contribution in [3.63, 3.8) is 0 Å². The van der Waals surface area contributed by atoms with Crippen molar-refractivity contribution in [2.45, 2.75) is 72.6 Å². The van der Waals surface area contributed by atoms with Crippen LogP contribution in [0.5, 0.6) is 0 Å². The summed E-state index contributed by atoms with van der Waals surface area (Å²) >= 11 is 0. The van der Waals surface area contributed by atoms with Crippen LogP contribution in [0.15, 0.2) is 84.9 Å². The van der Waals surface area contributed by atoms with Gasteiger partial charge in [0.15, 0.2) is 0 Å². The summed E-state index contributed by atoms with van der Waals surface area (Å²) in [4.78, 5) is 25.6. The molecule has 0 saturated heterocycles. The van der Waals surface area contributed by atoms with Crippen LogP contribution in [0.2, 0.25) is 0 Å². The van der Waals surface area contributed by atoms with Gasteiger partial charge in [0.1, 0.15) is 13.2 Å². The van der Waals surface area contributed by atoms with Gasteiger partial charge in [-0.2, -0.15) is 0 Å². The van der Waals surface area contributed by atoms with Gasteiger partial charge in [-0.3, -0.25) is 0 Å². The van der Waals surface area contributed by atoms with E-state index in [1.807, 2.05) is 93.6 Å². The summed E-state index contributed by atoms with van der Waals surface area (Å²) in [6.07, 6.45) is 6.64. The Morgan fingerprint density at radius 3 is 0.832 bits per heavy atom. The summed E-state index contributed by atoms with van der Waals surface area (Å²) in [5, 5.41) is 97.7. The predicted molar refractivity (Wildman–Crippen MR) is 408 cm³/mol. The zero-order valence-electron chi connectivity index (χ0n) is 64.4. The van der Waals surface area contributed by atoms with E-state index in [2.05, 4.69) is 24.8 Å². The van der Waals surface area contributed by atoms with Crippen LogP contribution in [0.3, 0.4) is 0 Å². The van der Waals surface area contributed by atoms with E-state index in [1.54, 1.807) is 12.1 Å². The quantitative estimate of drug-likeness (QED) is 0.0131. The number of esters is 2. The number of carbonyl (C=O) groups is 2. The average molecular weight is 1570 g/mol. The second kappa shape index (κ2) is 62.7. The van der Waals surface area contributed by atoms with Crippen molar-refractivity contribution < 1.29 is 161 Å². The van der Waals surface area contributed by atoms with E-state index in [4.69, 9.17) is 91.5 Å². The third-order valence-corrected chi connectivity index (χ3v) is 18.8. The Bertz CT molecular complexity index is 2710. The van der Waals surface area contributed by atoms with Gasteiger partial charge in [0.05, 0.1) is 253 Å². The Morgan fingerprint density at radius 2 is 0.589 bits per heavy atom. The van der Waals surface area contributed by atoms with Crippen LogP contribution in [0.25, 0.3) is 21.5 Å². The zero-order valence-corrected chi connectivity index (χ0v) is 68.5. The molecule has 107 heavy (non-hydrogen) atoms. The summed E-state index contributed by atoms with van der Waals surface area (Å²) in [6, 6.07) is 26.1. The number of fused-ring (bicyclic) bond motifs is 2. The van der Waals surface area contributed by atoms with E-state index in [-0.39, 0.29) is 261 Å². The van der Waals surface area contributed by atoms with Crippen LogP contribution >= 0.6 is 17.9 Å². The van der Waals surface area contributed by atoms with Gasteiger partial charge >= 0.3 is 41.5 Å². The van der Waals surface area contributed by atoms with Gasteiger partial charge in [-0.15, -0.1) is 0 Å². The maximum absolute atomic E-state index is 13.0. The fraction of sp³-hybridized carbons (Fsp3) is 0.714. The molecule has 0 bridgehead atoms. The minimum atomic E-state index is -0.854. The molecular formula is C77H129NaO27P2. The van der Waals surface area contributed by atoms with Crippen molar-refractivity contribution in [3.05, 3.63) is 96.1 Å². The maximum atomic E-state index is 13.0. The number of benzene rings is 4. The van der Waals surface area contributed by atoms with Crippen LogP contribution in [0.4, 0.5) is 0 Å². The Labute approximate surface area is 661 Å². The molecule has 0 radical (unpaired) electrons. The summed E-state index contributed by atoms with van der Waals surface area (Å²) in [5.74, 6) is -0.886. The monoisotopic (exact) mass is 1570 g/mol. The predicted octanol–water partition coefficient (Wildman–Crippen LogP) is 2.78. The normalized spacial score (nSPS) is 13.0. The van der Waals surface area contributed by atoms with E-state index in [9.17, 15) is 40.2 Å². The maximum Gasteiger partial charge on any atom is 1.00 e. The van der Waals surface area contributed by atoms with E-state index in [0.29, 0.717) is 55.6 Å². The molecule has 5 rings (SSSR count). The molecule has 4 aromatic carbocycles. The molecule has 0 heterocycles. The van der Waals surface area contributed by atoms with Crippen LogP contribution < -0.4 is 29.6 Å². The first-order valence-electron chi connectivity index (χ1n) is 36.8. The molecule has 27 nitrogen and oxygen atoms in total. The van der Waals surface area contributed by atoms with Crippen LogP contribution in [0, 0.1) is 32.5 Å². The number of rotatable bonds is 62. The summed E-state index contributed by atoms with van der Waals surface area (Å²) in [7, 11) is 5.11. The minimum Gasteiger partial charge on any atom is -0.533 e. The van der Waals surface area contributed by atoms with Crippen LogP contribution in [-0.4, -0.2) is 314 Å². The Kier molecular flexibility index (Phi) is 59.9. The third-order valence-electron chi connectivity index (χ3n) is 18.8. The molecule has 4 aromatic rings. The molecule has 610 valence electrons. The van der Waals surface area contributed by atoms with Gasteiger partial charge in [0.25, 0.3) is 0 Å². The Hall–Kier alpha value is -2.72. The Morgan fingerprint density at radius 1 is 0.346 bits per heavy atom. The number of hydrogen-bond acceptors (Lipinski definition) is 27. The number of aliphatic hydroxyl groups is 10. The molecule has 0 aromatic heterocycles. The van der Waals surface area contributed by atoms with Gasteiger partial charge in [0, 0.05) is 22.9 Å². The van der Waals surface area contributed by atoms with Crippen LogP contribution in [-0.2, 0) is 71.1 Å². The molecule has 1 aliphatic rings. The first kappa shape index (κ1) is 102. The SMILES string of the molecule is CCC(CO)(CO)COCCOCCOCC(COCCOCC(CC)(CO)CO)(COCCOCC(CC)(CO)CO)COCCOC(=O)c1cccc2ccccc12.CCC1(CO)CCC1.O=C(OCCOCC(COCCO)(COCCO)COCCOCCO)c1cccc2ccccc12.[Na+].[PH-]P. The van der Waals surface area contributed by atoms with Gasteiger partial charge in [-0.25, -0.2) is 9.59 Å². The fourth-order valence-electron chi connectivity index (χ4n) is 10.7. The molecule has 1 fully saturated rings. The molecule has 10 N–H and O–H groups in total. The molecular weight excluding hydrogens is 1440 g/mol. The zero-order chi connectivity index (χ0) is 77.9. The molecule has 0 amide bonds. The third kappa shape index (κ3) is 39.7. The summed E-state index contributed by atoms with van der Waals surface area (Å²) in [5.41, 5.74) is -2.42. The van der Waals surface area contributed by atoms with E-state index >= 15 is 0 Å². The van der Waals surface area contributed by atoms with Gasteiger partial charge in [-0.1, -0.05) is 107 Å². The summed E-state index contributed by atoms with van der Waals surface area (Å²) < 4.78 is 86.2. The topological polar surface area (TPSA) is 375 Å². The van der Waals surface area contributed by atoms with Gasteiger partial charge in [-0.05, 0) is 77.6 Å². The van der Waals surface area contributed by atoms with Crippen molar-refractivity contribution in [2.24, 2.45) is 32.5 Å². The first-order chi connectivity index (χ1) is 51.6. The molecule has 0 aliphatic heterocycles. The Balaban J connectivity index is 0.00000102. The van der Waals surface area contributed by atoms with Crippen LogP contribution in [0.1, 0.15) is 93.4 Å². The van der Waals surface area contributed by atoms with Crippen molar-refractivity contribution in [1.29, 1.82) is 0 Å². The molecule has 1 saturated carbocycles. The van der Waals surface area contributed by atoms with E-state index < -0.39 is 39.0 Å². The van der Waals surface area contributed by atoms with E-state index in [0.717, 1.165) is 28.0 Å². The van der Waals surface area contributed by atoms with E-state index in [1.165, 1.54) is 19.3 Å². The smallest absolute Gasteiger partial charge is 0.533 e. The number of aliphatic hydroxyl groups excluding tert-OH is 10. The number of carbonyl (C=O) groups excluding carboxylic acids is 2.